The Morgan fingerprint density at radius 2 is 1.90 bits per heavy atom. The summed E-state index contributed by atoms with van der Waals surface area (Å²) in [5.41, 5.74) is 1.30. The van der Waals surface area contributed by atoms with E-state index in [1.807, 2.05) is 16.0 Å². The second-order valence-electron chi connectivity index (χ2n) is 6.54. The Morgan fingerprint density at radius 3 is 2.62 bits per heavy atom. The van der Waals surface area contributed by atoms with Crippen molar-refractivity contribution in [2.75, 3.05) is 18.0 Å². The summed E-state index contributed by atoms with van der Waals surface area (Å²) in [5, 5.41) is 1.98. The molecular formula is C16H21N3OS. The van der Waals surface area contributed by atoms with Crippen LogP contribution in [0.4, 0.5) is 5.82 Å². The number of rotatable bonds is 2. The second-order valence-corrected chi connectivity index (χ2v) is 7.41. The van der Waals surface area contributed by atoms with E-state index in [9.17, 15) is 4.79 Å². The van der Waals surface area contributed by atoms with E-state index in [0.29, 0.717) is 11.1 Å². The molecule has 0 N–H and O–H groups in total. The van der Waals surface area contributed by atoms with Crippen molar-refractivity contribution in [3.05, 3.63) is 17.3 Å². The summed E-state index contributed by atoms with van der Waals surface area (Å²) >= 11 is 1.59. The van der Waals surface area contributed by atoms with Crippen LogP contribution in [0.5, 0.6) is 0 Å². The molecule has 112 valence electrons. The SMILES string of the molecule is O=Cc1c(N2CCC3(CCCCC3)CC2)nc2sccn12. The molecule has 0 unspecified atom stereocenters. The normalized spacial score (nSPS) is 22.0. The zero-order valence-corrected chi connectivity index (χ0v) is 13.1. The number of imidazole rings is 1. The van der Waals surface area contributed by atoms with Crippen LogP contribution in [0.1, 0.15) is 55.4 Å². The molecule has 1 saturated carbocycles. The summed E-state index contributed by atoms with van der Waals surface area (Å²) < 4.78 is 1.91. The molecule has 1 aliphatic heterocycles. The van der Waals surface area contributed by atoms with Crippen molar-refractivity contribution in [2.45, 2.75) is 44.9 Å². The number of aromatic nitrogens is 2. The lowest BCUT2D eigenvalue weighted by Gasteiger charge is -2.44. The van der Waals surface area contributed by atoms with Crippen LogP contribution in [0.3, 0.4) is 0 Å². The van der Waals surface area contributed by atoms with Gasteiger partial charge in [0.05, 0.1) is 0 Å². The van der Waals surface area contributed by atoms with Crippen molar-refractivity contribution in [3.8, 4) is 0 Å². The number of carbonyl (C=O) groups excluding carboxylic acids is 1. The van der Waals surface area contributed by atoms with Crippen LogP contribution in [0.25, 0.3) is 4.96 Å². The van der Waals surface area contributed by atoms with Crippen molar-refractivity contribution in [1.82, 2.24) is 9.38 Å². The molecule has 5 heteroatoms. The number of anilines is 1. The molecule has 0 radical (unpaired) electrons. The van der Waals surface area contributed by atoms with Crippen molar-refractivity contribution in [1.29, 1.82) is 0 Å². The molecule has 2 aromatic rings. The molecule has 0 amide bonds. The van der Waals surface area contributed by atoms with Gasteiger partial charge in [-0.25, -0.2) is 4.98 Å². The molecule has 0 atom stereocenters. The van der Waals surface area contributed by atoms with E-state index >= 15 is 0 Å². The fraction of sp³-hybridized carbons (Fsp3) is 0.625. The second kappa shape index (κ2) is 5.13. The maximum absolute atomic E-state index is 11.5. The highest BCUT2D eigenvalue weighted by Gasteiger charge is 2.36. The van der Waals surface area contributed by atoms with Gasteiger partial charge in [-0.1, -0.05) is 19.3 Å². The first-order valence-electron chi connectivity index (χ1n) is 7.97. The molecule has 0 aromatic carbocycles. The summed E-state index contributed by atoms with van der Waals surface area (Å²) in [6, 6.07) is 0. The Bertz CT molecular complexity index is 644. The van der Waals surface area contributed by atoms with Gasteiger partial charge in [-0.15, -0.1) is 11.3 Å². The number of carbonyl (C=O) groups is 1. The van der Waals surface area contributed by atoms with Crippen LogP contribution in [0.2, 0.25) is 0 Å². The van der Waals surface area contributed by atoms with Crippen molar-refractivity contribution in [2.24, 2.45) is 5.41 Å². The maximum atomic E-state index is 11.5. The molecule has 1 saturated heterocycles. The molecule has 1 aliphatic carbocycles. The third-order valence-electron chi connectivity index (χ3n) is 5.43. The van der Waals surface area contributed by atoms with Gasteiger partial charge in [-0.2, -0.15) is 0 Å². The van der Waals surface area contributed by atoms with Crippen LogP contribution >= 0.6 is 11.3 Å². The van der Waals surface area contributed by atoms with E-state index in [2.05, 4.69) is 9.88 Å². The van der Waals surface area contributed by atoms with Crippen LogP contribution in [0, 0.1) is 5.41 Å². The highest BCUT2D eigenvalue weighted by Crippen LogP contribution is 2.45. The first-order valence-corrected chi connectivity index (χ1v) is 8.85. The lowest BCUT2D eigenvalue weighted by Crippen LogP contribution is -2.41. The van der Waals surface area contributed by atoms with E-state index in [-0.39, 0.29) is 0 Å². The van der Waals surface area contributed by atoms with Gasteiger partial charge in [0, 0.05) is 24.7 Å². The largest absolute Gasteiger partial charge is 0.355 e. The number of hydrogen-bond donors (Lipinski definition) is 0. The Morgan fingerprint density at radius 1 is 1.14 bits per heavy atom. The zero-order valence-electron chi connectivity index (χ0n) is 12.3. The van der Waals surface area contributed by atoms with Crippen LogP contribution < -0.4 is 4.90 Å². The fourth-order valence-electron chi connectivity index (χ4n) is 4.13. The molecule has 2 aromatic heterocycles. The van der Waals surface area contributed by atoms with E-state index < -0.39 is 0 Å². The Balaban J connectivity index is 1.57. The Kier molecular flexibility index (Phi) is 3.25. The third-order valence-corrected chi connectivity index (χ3v) is 6.19. The van der Waals surface area contributed by atoms with E-state index in [4.69, 9.17) is 0 Å². The smallest absolute Gasteiger partial charge is 0.196 e. The maximum Gasteiger partial charge on any atom is 0.196 e. The standard InChI is InChI=1S/C16H21N3OS/c20-12-13-14(17-15-19(13)10-11-21-15)18-8-6-16(7-9-18)4-2-1-3-5-16/h10-12H,1-9H2. The average molecular weight is 303 g/mol. The minimum Gasteiger partial charge on any atom is -0.355 e. The van der Waals surface area contributed by atoms with Crippen molar-refractivity contribution >= 4 is 28.4 Å². The van der Waals surface area contributed by atoms with Crippen molar-refractivity contribution in [3.63, 3.8) is 0 Å². The molecule has 21 heavy (non-hydrogen) atoms. The molecule has 3 heterocycles. The topological polar surface area (TPSA) is 37.6 Å². The first-order chi connectivity index (χ1) is 10.3. The number of fused-ring (bicyclic) bond motifs is 1. The highest BCUT2D eigenvalue weighted by molar-refractivity contribution is 7.15. The number of nitrogens with zero attached hydrogens (tertiary/aromatic N) is 3. The predicted molar refractivity (Wildman–Crippen MR) is 85.4 cm³/mol. The van der Waals surface area contributed by atoms with Crippen LogP contribution in [-0.4, -0.2) is 28.8 Å². The average Bonchev–Trinajstić information content (AvgIpc) is 3.09. The molecule has 1 spiro atoms. The van der Waals surface area contributed by atoms with Gasteiger partial charge in [-0.3, -0.25) is 9.20 Å². The van der Waals surface area contributed by atoms with Crippen LogP contribution in [0.15, 0.2) is 11.6 Å². The van der Waals surface area contributed by atoms with Gasteiger partial charge >= 0.3 is 0 Å². The van der Waals surface area contributed by atoms with Gasteiger partial charge in [0.15, 0.2) is 17.1 Å². The number of thiazole rings is 1. The van der Waals surface area contributed by atoms with Crippen LogP contribution in [-0.2, 0) is 0 Å². The lowest BCUT2D eigenvalue weighted by atomic mass is 9.68. The van der Waals surface area contributed by atoms with E-state index in [0.717, 1.165) is 30.2 Å². The monoisotopic (exact) mass is 303 g/mol. The predicted octanol–water partition coefficient (Wildman–Crippen LogP) is 3.76. The molecular weight excluding hydrogens is 282 g/mol. The number of piperidine rings is 1. The third kappa shape index (κ3) is 2.18. The molecule has 4 rings (SSSR count). The van der Waals surface area contributed by atoms with Gasteiger partial charge in [-0.05, 0) is 31.1 Å². The summed E-state index contributed by atoms with van der Waals surface area (Å²) in [6.07, 6.45) is 12.4. The molecule has 4 nitrogen and oxygen atoms in total. The molecule has 0 bridgehead atoms. The fourth-order valence-corrected chi connectivity index (χ4v) is 4.84. The molecule has 2 fully saturated rings. The summed E-state index contributed by atoms with van der Waals surface area (Å²) in [4.78, 5) is 19.4. The lowest BCUT2D eigenvalue weighted by molar-refractivity contribution is 0.111. The molecule has 2 aliphatic rings. The Labute approximate surface area is 128 Å². The van der Waals surface area contributed by atoms with E-state index in [1.165, 1.54) is 44.9 Å². The quantitative estimate of drug-likeness (QED) is 0.793. The van der Waals surface area contributed by atoms with Crippen molar-refractivity contribution < 1.29 is 4.79 Å². The van der Waals surface area contributed by atoms with Gasteiger partial charge in [0.2, 0.25) is 0 Å². The summed E-state index contributed by atoms with van der Waals surface area (Å²) in [7, 11) is 0. The summed E-state index contributed by atoms with van der Waals surface area (Å²) in [5.74, 6) is 0.891. The number of aldehydes is 1. The highest BCUT2D eigenvalue weighted by atomic mass is 32.1. The Hall–Kier alpha value is -1.36. The van der Waals surface area contributed by atoms with Gasteiger partial charge in [0.25, 0.3) is 0 Å². The van der Waals surface area contributed by atoms with E-state index in [1.54, 1.807) is 11.3 Å². The summed E-state index contributed by atoms with van der Waals surface area (Å²) in [6.45, 7) is 2.09. The minimum atomic E-state index is 0.590. The van der Waals surface area contributed by atoms with Gasteiger partial charge in [0.1, 0.15) is 5.69 Å². The van der Waals surface area contributed by atoms with Gasteiger partial charge < -0.3 is 4.90 Å². The number of hydrogen-bond acceptors (Lipinski definition) is 4. The zero-order chi connectivity index (χ0) is 14.3. The minimum absolute atomic E-state index is 0.590. The first kappa shape index (κ1) is 13.3.